The van der Waals surface area contributed by atoms with Crippen molar-refractivity contribution in [3.63, 3.8) is 0 Å². The highest BCUT2D eigenvalue weighted by molar-refractivity contribution is 6.19. The van der Waals surface area contributed by atoms with Gasteiger partial charge in [0.25, 0.3) is 0 Å². The summed E-state index contributed by atoms with van der Waals surface area (Å²) in [6, 6.07) is 79.7. The zero-order valence-corrected chi connectivity index (χ0v) is 36.0. The minimum atomic E-state index is 0.114. The van der Waals surface area contributed by atoms with E-state index in [-0.39, 0.29) is 5.92 Å². The third kappa shape index (κ3) is 5.63. The van der Waals surface area contributed by atoms with E-state index < -0.39 is 0 Å². The summed E-state index contributed by atoms with van der Waals surface area (Å²) < 4.78 is 15.4. The minimum Gasteiger partial charge on any atom is -0.456 e. The average molecular weight is 844 g/mol. The first-order valence-electron chi connectivity index (χ1n) is 23.0. The summed E-state index contributed by atoms with van der Waals surface area (Å²) >= 11 is 0. The van der Waals surface area contributed by atoms with Crippen LogP contribution >= 0.6 is 0 Å². The topological polar surface area (TPSA) is 31.2 Å². The molecule has 1 atom stereocenters. The van der Waals surface area contributed by atoms with Crippen LogP contribution in [-0.2, 0) is 6.42 Å². The van der Waals surface area contributed by atoms with Crippen LogP contribution < -0.4 is 0 Å². The van der Waals surface area contributed by atoms with Crippen molar-refractivity contribution in [2.24, 2.45) is 0 Å². The number of aryl methyl sites for hydroxylation is 1. The van der Waals surface area contributed by atoms with Gasteiger partial charge in [-0.15, -0.1) is 0 Å². The van der Waals surface area contributed by atoms with Crippen molar-refractivity contribution in [2.45, 2.75) is 18.8 Å². The summed E-state index contributed by atoms with van der Waals surface area (Å²) in [6.45, 7) is 0. The van der Waals surface area contributed by atoms with E-state index in [4.69, 9.17) is 8.83 Å². The maximum atomic E-state index is 6.53. The molecule has 13 aromatic rings. The summed E-state index contributed by atoms with van der Waals surface area (Å²) in [7, 11) is 0. The number of rotatable bonds is 5. The third-order valence-electron chi connectivity index (χ3n) is 14.3. The molecule has 10 aromatic carbocycles. The molecule has 3 nitrogen and oxygen atoms in total. The van der Waals surface area contributed by atoms with Gasteiger partial charge < -0.3 is 13.4 Å². The molecule has 0 amide bonds. The van der Waals surface area contributed by atoms with Gasteiger partial charge in [-0.2, -0.15) is 0 Å². The fourth-order valence-electron chi connectivity index (χ4n) is 11.3. The average Bonchev–Trinajstić information content (AvgIpc) is 4.03. The van der Waals surface area contributed by atoms with Crippen LogP contribution in [0.2, 0.25) is 0 Å². The van der Waals surface area contributed by atoms with Gasteiger partial charge in [-0.05, 0) is 135 Å². The summed E-state index contributed by atoms with van der Waals surface area (Å²) in [5.74, 6) is 0.114. The van der Waals surface area contributed by atoms with Gasteiger partial charge in [0.1, 0.15) is 22.3 Å². The lowest BCUT2D eigenvalue weighted by atomic mass is 9.81. The van der Waals surface area contributed by atoms with Crippen molar-refractivity contribution in [2.75, 3.05) is 0 Å². The van der Waals surface area contributed by atoms with E-state index in [1.165, 1.54) is 93.8 Å². The lowest BCUT2D eigenvalue weighted by molar-refractivity contribution is 0.667. The fraction of sp³-hybridized carbons (Fsp3) is 0.0476. The molecule has 3 aromatic heterocycles. The van der Waals surface area contributed by atoms with Gasteiger partial charge in [-0.1, -0.05) is 158 Å². The second kappa shape index (κ2) is 14.6. The van der Waals surface area contributed by atoms with Gasteiger partial charge in [-0.3, -0.25) is 0 Å². The molecule has 0 radical (unpaired) electrons. The Labute approximate surface area is 381 Å². The Morgan fingerprint density at radius 3 is 1.85 bits per heavy atom. The summed E-state index contributed by atoms with van der Waals surface area (Å²) in [4.78, 5) is 0. The molecule has 66 heavy (non-hydrogen) atoms. The van der Waals surface area contributed by atoms with Crippen LogP contribution in [0.15, 0.2) is 227 Å². The predicted molar refractivity (Wildman–Crippen MR) is 274 cm³/mol. The van der Waals surface area contributed by atoms with Crippen molar-refractivity contribution >= 4 is 65.7 Å². The molecule has 0 saturated heterocycles. The number of fused-ring (bicyclic) bond motifs is 13. The first-order chi connectivity index (χ1) is 32.7. The van der Waals surface area contributed by atoms with Crippen LogP contribution in [0.25, 0.3) is 116 Å². The molecule has 0 N–H and O–H groups in total. The van der Waals surface area contributed by atoms with Crippen molar-refractivity contribution in [1.29, 1.82) is 0 Å². The third-order valence-corrected chi connectivity index (χ3v) is 14.3. The van der Waals surface area contributed by atoms with E-state index in [2.05, 4.69) is 217 Å². The van der Waals surface area contributed by atoms with Crippen LogP contribution in [0.5, 0.6) is 0 Å². The first-order valence-corrected chi connectivity index (χ1v) is 23.0. The molecule has 0 saturated carbocycles. The molecule has 1 aliphatic rings. The Bertz CT molecular complexity index is 4050. The zero-order chi connectivity index (χ0) is 43.3. The van der Waals surface area contributed by atoms with E-state index in [1.54, 1.807) is 0 Å². The van der Waals surface area contributed by atoms with E-state index in [0.717, 1.165) is 51.6 Å². The molecular formula is C63H41NO2. The lowest BCUT2D eigenvalue weighted by Crippen LogP contribution is -2.03. The van der Waals surface area contributed by atoms with Gasteiger partial charge in [0, 0.05) is 43.9 Å². The maximum Gasteiger partial charge on any atom is 0.135 e. The first kappa shape index (κ1) is 37.0. The molecule has 310 valence electrons. The van der Waals surface area contributed by atoms with Crippen LogP contribution in [-0.4, -0.2) is 4.57 Å². The smallest absolute Gasteiger partial charge is 0.135 e. The van der Waals surface area contributed by atoms with Crippen molar-refractivity contribution in [3.05, 3.63) is 235 Å². The van der Waals surface area contributed by atoms with Crippen LogP contribution in [0.4, 0.5) is 0 Å². The number of aromatic nitrogens is 1. The Morgan fingerprint density at radius 1 is 0.364 bits per heavy atom. The minimum absolute atomic E-state index is 0.114. The highest BCUT2D eigenvalue weighted by Crippen LogP contribution is 2.52. The molecule has 0 spiro atoms. The Morgan fingerprint density at radius 2 is 1.00 bits per heavy atom. The lowest BCUT2D eigenvalue weighted by Gasteiger charge is -2.22. The van der Waals surface area contributed by atoms with Gasteiger partial charge in [0.2, 0.25) is 0 Å². The highest BCUT2D eigenvalue weighted by atomic mass is 16.3. The Balaban J connectivity index is 1.02. The number of nitrogens with zero attached hydrogens (tertiary/aromatic N) is 1. The van der Waals surface area contributed by atoms with E-state index >= 15 is 0 Å². The summed E-state index contributed by atoms with van der Waals surface area (Å²) in [5, 5.41) is 7.18. The monoisotopic (exact) mass is 843 g/mol. The molecule has 3 heterocycles. The Kier molecular flexibility index (Phi) is 8.17. The number of hydrogen-bond donors (Lipinski definition) is 0. The van der Waals surface area contributed by atoms with Crippen molar-refractivity contribution < 1.29 is 8.83 Å². The molecule has 1 aliphatic carbocycles. The zero-order valence-electron chi connectivity index (χ0n) is 36.0. The van der Waals surface area contributed by atoms with E-state index in [1.807, 2.05) is 6.07 Å². The second-order valence-corrected chi connectivity index (χ2v) is 17.8. The second-order valence-electron chi connectivity index (χ2n) is 17.8. The highest BCUT2D eigenvalue weighted by Gasteiger charge is 2.31. The van der Waals surface area contributed by atoms with Crippen LogP contribution in [0.3, 0.4) is 0 Å². The maximum absolute atomic E-state index is 6.53. The number of para-hydroxylation sites is 3. The SMILES string of the molecule is c1ccc(-c2cccc(-c3ccc(-n4c5ccccc5c5c6c(ccc54)C(c4cccc5oc7ccccc7c45)CCc4cccc(-c5ccc7oc8ccccc8c7c5)c4-6)cc3)c2)cc1. The van der Waals surface area contributed by atoms with Crippen LogP contribution in [0.1, 0.15) is 29.0 Å². The molecule has 1 unspecified atom stereocenters. The fourth-order valence-corrected chi connectivity index (χ4v) is 11.3. The predicted octanol–water partition coefficient (Wildman–Crippen LogP) is 17.3. The molecule has 0 bridgehead atoms. The summed E-state index contributed by atoms with van der Waals surface area (Å²) in [5.41, 5.74) is 21.1. The van der Waals surface area contributed by atoms with E-state index in [9.17, 15) is 0 Å². The number of benzene rings is 10. The summed E-state index contributed by atoms with van der Waals surface area (Å²) in [6.07, 6.45) is 1.89. The number of furan rings is 2. The van der Waals surface area contributed by atoms with Gasteiger partial charge in [0.05, 0.1) is 11.0 Å². The van der Waals surface area contributed by atoms with Crippen LogP contribution in [0, 0.1) is 0 Å². The quantitative estimate of drug-likeness (QED) is 0.173. The largest absolute Gasteiger partial charge is 0.456 e. The van der Waals surface area contributed by atoms with Gasteiger partial charge in [-0.25, -0.2) is 0 Å². The molecule has 14 rings (SSSR count). The standard InChI is InChI=1S/C63H41NO2/c1-2-13-39(14-3-1)42-16-10-17-43(37-42)40-27-31-45(32-28-40)64-54-23-7-4-19-51(54)62-55(64)35-34-50-47(49-22-12-26-59-61(49)52-20-6-9-25-57(52)66-59)33-29-41-15-11-21-46(60(41)63(50)62)44-30-36-58-53(38-44)48-18-5-8-24-56(48)65-58/h1-28,30-32,34-38,47H,29,33H2. The number of hydrogen-bond acceptors (Lipinski definition) is 2. The van der Waals surface area contributed by atoms with Gasteiger partial charge in [0.15, 0.2) is 0 Å². The molecule has 0 fully saturated rings. The van der Waals surface area contributed by atoms with Crippen molar-refractivity contribution in [1.82, 2.24) is 4.57 Å². The normalized spacial score (nSPS) is 13.8. The molecule has 3 heteroatoms. The van der Waals surface area contributed by atoms with E-state index in [0.29, 0.717) is 0 Å². The van der Waals surface area contributed by atoms with Gasteiger partial charge >= 0.3 is 0 Å². The molecule has 0 aliphatic heterocycles. The van der Waals surface area contributed by atoms with Crippen molar-refractivity contribution in [3.8, 4) is 50.2 Å². The molecular weight excluding hydrogens is 803 g/mol. The Hall–Kier alpha value is -8.40.